The highest BCUT2D eigenvalue weighted by Crippen LogP contribution is 2.16. The van der Waals surface area contributed by atoms with Gasteiger partial charge in [-0.3, -0.25) is 0 Å². The smallest absolute Gasteiger partial charge is 0.335 e. The molecule has 21 heavy (non-hydrogen) atoms. The normalized spacial score (nSPS) is 10.0. The Morgan fingerprint density at radius 2 is 2.10 bits per heavy atom. The molecule has 0 bridgehead atoms. The number of nitrogens with one attached hydrogen (secondary N) is 1. The molecule has 0 saturated heterocycles. The summed E-state index contributed by atoms with van der Waals surface area (Å²) in [6.07, 6.45) is 0.266. The molecule has 0 aliphatic rings. The first-order chi connectivity index (χ1) is 9.86. The number of carboxylic acid groups (broad SMARTS) is 1. The molecule has 1 aromatic rings. The van der Waals surface area contributed by atoms with Gasteiger partial charge in [0.05, 0.1) is 18.1 Å². The van der Waals surface area contributed by atoms with Gasteiger partial charge in [0.25, 0.3) is 0 Å². The number of anilines is 1. The predicted octanol–water partition coefficient (Wildman–Crippen LogP) is 2.85. The first-order valence-electron chi connectivity index (χ1n) is 6.65. The van der Waals surface area contributed by atoms with E-state index in [0.29, 0.717) is 17.8 Å². The SMILES string of the molecule is Cc1cc(NC(=O)N(CCC#N)C(C)C)ccc1C(=O)O. The highest BCUT2D eigenvalue weighted by atomic mass is 16.4. The van der Waals surface area contributed by atoms with Gasteiger partial charge in [0.15, 0.2) is 0 Å². The molecule has 1 aromatic carbocycles. The van der Waals surface area contributed by atoms with Crippen molar-refractivity contribution in [3.63, 3.8) is 0 Å². The van der Waals surface area contributed by atoms with Crippen LogP contribution in [0, 0.1) is 18.3 Å². The molecule has 0 radical (unpaired) electrons. The number of nitriles is 1. The number of carbonyl (C=O) groups is 2. The number of rotatable bonds is 5. The van der Waals surface area contributed by atoms with Crippen molar-refractivity contribution in [2.24, 2.45) is 0 Å². The van der Waals surface area contributed by atoms with E-state index in [4.69, 9.17) is 10.4 Å². The lowest BCUT2D eigenvalue weighted by Gasteiger charge is -2.26. The van der Waals surface area contributed by atoms with E-state index in [1.807, 2.05) is 19.9 Å². The molecule has 6 nitrogen and oxygen atoms in total. The fourth-order valence-electron chi connectivity index (χ4n) is 1.94. The molecule has 0 spiro atoms. The minimum Gasteiger partial charge on any atom is -0.478 e. The Hall–Kier alpha value is -2.55. The van der Waals surface area contributed by atoms with Crippen LogP contribution in [0.15, 0.2) is 18.2 Å². The molecule has 0 atom stereocenters. The van der Waals surface area contributed by atoms with E-state index in [9.17, 15) is 9.59 Å². The number of carboxylic acids is 1. The van der Waals surface area contributed by atoms with Crippen LogP contribution in [0.3, 0.4) is 0 Å². The van der Waals surface area contributed by atoms with Crippen LogP contribution in [-0.4, -0.2) is 34.6 Å². The van der Waals surface area contributed by atoms with E-state index in [1.165, 1.54) is 6.07 Å². The Labute approximate surface area is 124 Å². The third-order valence-electron chi connectivity index (χ3n) is 3.06. The molecule has 0 fully saturated rings. The van der Waals surface area contributed by atoms with Crippen LogP contribution in [0.5, 0.6) is 0 Å². The topological polar surface area (TPSA) is 93.4 Å². The van der Waals surface area contributed by atoms with Crippen molar-refractivity contribution in [1.29, 1.82) is 5.26 Å². The minimum absolute atomic E-state index is 0.0299. The number of amides is 2. The summed E-state index contributed by atoms with van der Waals surface area (Å²) in [6.45, 7) is 5.77. The zero-order valence-corrected chi connectivity index (χ0v) is 12.4. The van der Waals surface area contributed by atoms with Gasteiger partial charge in [-0.25, -0.2) is 9.59 Å². The van der Waals surface area contributed by atoms with Gasteiger partial charge in [0, 0.05) is 18.3 Å². The number of nitrogens with zero attached hydrogens (tertiary/aromatic N) is 2. The molecular formula is C15H19N3O3. The molecule has 2 N–H and O–H groups in total. The van der Waals surface area contributed by atoms with Crippen molar-refractivity contribution in [1.82, 2.24) is 4.90 Å². The van der Waals surface area contributed by atoms with Crippen LogP contribution in [0.25, 0.3) is 0 Å². The van der Waals surface area contributed by atoms with Crippen molar-refractivity contribution in [2.45, 2.75) is 33.2 Å². The molecule has 0 aromatic heterocycles. The molecule has 2 amide bonds. The number of benzene rings is 1. The van der Waals surface area contributed by atoms with E-state index in [2.05, 4.69) is 5.32 Å². The zero-order chi connectivity index (χ0) is 16.0. The molecule has 0 heterocycles. The van der Waals surface area contributed by atoms with Crippen LogP contribution in [0.2, 0.25) is 0 Å². The van der Waals surface area contributed by atoms with E-state index in [-0.39, 0.29) is 24.1 Å². The van der Waals surface area contributed by atoms with Crippen molar-refractivity contribution in [3.8, 4) is 6.07 Å². The Morgan fingerprint density at radius 3 is 2.57 bits per heavy atom. The third kappa shape index (κ3) is 4.49. The maximum atomic E-state index is 12.2. The second kappa shape index (κ2) is 7.29. The fraction of sp³-hybridized carbons (Fsp3) is 0.400. The van der Waals surface area contributed by atoms with Gasteiger partial charge in [-0.2, -0.15) is 5.26 Å². The van der Waals surface area contributed by atoms with Crippen LogP contribution in [-0.2, 0) is 0 Å². The standard InChI is InChI=1S/C15H19N3O3/c1-10(2)18(8-4-7-16)15(21)17-12-5-6-13(14(19)20)11(3)9-12/h5-6,9-10H,4,8H2,1-3H3,(H,17,21)(H,19,20). The van der Waals surface area contributed by atoms with Crippen molar-refractivity contribution < 1.29 is 14.7 Å². The van der Waals surface area contributed by atoms with E-state index in [0.717, 1.165) is 0 Å². The zero-order valence-electron chi connectivity index (χ0n) is 12.4. The van der Waals surface area contributed by atoms with Gasteiger partial charge >= 0.3 is 12.0 Å². The lowest BCUT2D eigenvalue weighted by atomic mass is 10.1. The number of urea groups is 1. The van der Waals surface area contributed by atoms with Crippen LogP contribution in [0.4, 0.5) is 10.5 Å². The predicted molar refractivity (Wildman–Crippen MR) is 79.2 cm³/mol. The molecule has 0 unspecified atom stereocenters. The van der Waals surface area contributed by atoms with Gasteiger partial charge in [-0.15, -0.1) is 0 Å². The number of hydrogen-bond acceptors (Lipinski definition) is 3. The third-order valence-corrected chi connectivity index (χ3v) is 3.06. The molecule has 0 aliphatic carbocycles. The second-order valence-corrected chi connectivity index (χ2v) is 4.96. The number of aromatic carboxylic acids is 1. The Morgan fingerprint density at radius 1 is 1.43 bits per heavy atom. The summed E-state index contributed by atoms with van der Waals surface area (Å²) in [5, 5.41) is 20.3. The molecule has 6 heteroatoms. The van der Waals surface area contributed by atoms with E-state index < -0.39 is 5.97 Å². The Bertz CT molecular complexity index is 576. The Balaban J connectivity index is 2.84. The summed E-state index contributed by atoms with van der Waals surface area (Å²) < 4.78 is 0. The molecule has 0 aliphatic heterocycles. The fourth-order valence-corrected chi connectivity index (χ4v) is 1.94. The highest BCUT2D eigenvalue weighted by molar-refractivity contribution is 5.92. The average molecular weight is 289 g/mol. The first-order valence-corrected chi connectivity index (χ1v) is 6.65. The molecule has 0 saturated carbocycles. The summed E-state index contributed by atoms with van der Waals surface area (Å²) in [6, 6.07) is 6.31. The van der Waals surface area contributed by atoms with Crippen LogP contribution >= 0.6 is 0 Å². The highest BCUT2D eigenvalue weighted by Gasteiger charge is 2.17. The maximum absolute atomic E-state index is 12.2. The van der Waals surface area contributed by atoms with Gasteiger partial charge in [0.2, 0.25) is 0 Å². The van der Waals surface area contributed by atoms with Gasteiger partial charge in [-0.05, 0) is 44.5 Å². The molecule has 1 rings (SSSR count). The Kier molecular flexibility index (Phi) is 5.73. The monoisotopic (exact) mass is 289 g/mol. The number of hydrogen-bond donors (Lipinski definition) is 2. The maximum Gasteiger partial charge on any atom is 0.335 e. The summed E-state index contributed by atoms with van der Waals surface area (Å²) in [4.78, 5) is 24.7. The molecule has 112 valence electrons. The number of aryl methyl sites for hydroxylation is 1. The van der Waals surface area contributed by atoms with Crippen molar-refractivity contribution in [3.05, 3.63) is 29.3 Å². The minimum atomic E-state index is -0.997. The van der Waals surface area contributed by atoms with Crippen molar-refractivity contribution >= 4 is 17.7 Å². The van der Waals surface area contributed by atoms with E-state index in [1.54, 1.807) is 24.0 Å². The number of carbonyl (C=O) groups excluding carboxylic acids is 1. The van der Waals surface area contributed by atoms with Gasteiger partial charge < -0.3 is 15.3 Å². The lowest BCUT2D eigenvalue weighted by molar-refractivity contribution is 0.0696. The quantitative estimate of drug-likeness (QED) is 0.871. The van der Waals surface area contributed by atoms with Crippen LogP contribution in [0.1, 0.15) is 36.2 Å². The molecular weight excluding hydrogens is 270 g/mol. The largest absolute Gasteiger partial charge is 0.478 e. The summed E-state index contributed by atoms with van der Waals surface area (Å²) >= 11 is 0. The van der Waals surface area contributed by atoms with Crippen LogP contribution < -0.4 is 5.32 Å². The van der Waals surface area contributed by atoms with Crippen molar-refractivity contribution in [2.75, 3.05) is 11.9 Å². The van der Waals surface area contributed by atoms with Gasteiger partial charge in [-0.1, -0.05) is 0 Å². The summed E-state index contributed by atoms with van der Waals surface area (Å²) in [5.41, 5.74) is 1.32. The average Bonchev–Trinajstić information content (AvgIpc) is 2.38. The second-order valence-electron chi connectivity index (χ2n) is 4.96. The first kappa shape index (κ1) is 16.5. The summed E-state index contributed by atoms with van der Waals surface area (Å²) in [7, 11) is 0. The summed E-state index contributed by atoms with van der Waals surface area (Å²) in [5.74, 6) is -0.997. The van der Waals surface area contributed by atoms with Gasteiger partial charge in [0.1, 0.15) is 0 Å². The van der Waals surface area contributed by atoms with E-state index >= 15 is 0 Å². The lowest BCUT2D eigenvalue weighted by Crippen LogP contribution is -2.40.